The summed E-state index contributed by atoms with van der Waals surface area (Å²) in [6.45, 7) is 1.96. The molecule has 2 aromatic rings. The molecule has 0 aliphatic heterocycles. The molecule has 0 bridgehead atoms. The van der Waals surface area contributed by atoms with Crippen molar-refractivity contribution in [3.63, 3.8) is 0 Å². The van der Waals surface area contributed by atoms with Crippen LogP contribution in [0, 0.1) is 6.92 Å². The molecule has 0 saturated heterocycles. The van der Waals surface area contributed by atoms with Crippen molar-refractivity contribution in [2.45, 2.75) is 11.8 Å². The standard InChI is InChI=1S/C14H15N3O3S2.Na/c1-10-4-2-3-5-13(10)15-14(21)17-16-11-6-8-12(9-7-11)22(18,19)20;/h2-9,16H,1H3,(H2,15,17,21)(H,18,19,20);/q;+1/p-1. The molecule has 0 atom stereocenters. The molecule has 9 heteroatoms. The van der Waals surface area contributed by atoms with E-state index in [0.717, 1.165) is 11.3 Å². The summed E-state index contributed by atoms with van der Waals surface area (Å²) in [7, 11) is -4.43. The van der Waals surface area contributed by atoms with Gasteiger partial charge in [-0.2, -0.15) is 0 Å². The molecular formula is C14H14N3NaO3S2. The summed E-state index contributed by atoms with van der Waals surface area (Å²) in [5.41, 5.74) is 8.09. The SMILES string of the molecule is Cc1ccccc1NC(=S)NNc1ccc(S(=O)(=O)[O-])cc1.[Na+]. The molecule has 0 aromatic heterocycles. The van der Waals surface area contributed by atoms with Crippen LogP contribution in [0.25, 0.3) is 0 Å². The number of anilines is 2. The third-order valence-corrected chi connectivity index (χ3v) is 3.91. The molecule has 0 saturated carbocycles. The fourth-order valence-corrected chi connectivity index (χ4v) is 2.33. The van der Waals surface area contributed by atoms with Crippen molar-refractivity contribution in [3.05, 3.63) is 54.1 Å². The maximum atomic E-state index is 10.8. The quantitative estimate of drug-likeness (QED) is 0.285. The third kappa shape index (κ3) is 6.09. The minimum atomic E-state index is -4.43. The van der Waals surface area contributed by atoms with E-state index in [4.69, 9.17) is 12.2 Å². The minimum Gasteiger partial charge on any atom is -0.744 e. The predicted molar refractivity (Wildman–Crippen MR) is 88.6 cm³/mol. The molecular weight excluding hydrogens is 345 g/mol. The molecule has 23 heavy (non-hydrogen) atoms. The normalized spacial score (nSPS) is 10.3. The van der Waals surface area contributed by atoms with Gasteiger partial charge in [0.1, 0.15) is 10.1 Å². The summed E-state index contributed by atoms with van der Waals surface area (Å²) < 4.78 is 32.5. The Balaban J connectivity index is 0.00000264. The fraction of sp³-hybridized carbons (Fsp3) is 0.0714. The van der Waals surface area contributed by atoms with Crippen LogP contribution in [0.1, 0.15) is 5.56 Å². The molecule has 0 amide bonds. The van der Waals surface area contributed by atoms with E-state index in [0.29, 0.717) is 10.8 Å². The number of hydrazine groups is 1. The first-order valence-corrected chi connectivity index (χ1v) is 8.12. The number of aryl methyl sites for hydroxylation is 1. The Morgan fingerprint density at radius 1 is 1.09 bits per heavy atom. The first kappa shape index (κ1) is 19.9. The van der Waals surface area contributed by atoms with Gasteiger partial charge in [-0.1, -0.05) is 18.2 Å². The van der Waals surface area contributed by atoms with Gasteiger partial charge in [-0.3, -0.25) is 10.9 Å². The van der Waals surface area contributed by atoms with Crippen molar-refractivity contribution < 1.29 is 42.5 Å². The van der Waals surface area contributed by atoms with Gasteiger partial charge in [0.25, 0.3) is 0 Å². The third-order valence-electron chi connectivity index (χ3n) is 2.86. The van der Waals surface area contributed by atoms with Crippen molar-refractivity contribution in [2.24, 2.45) is 0 Å². The van der Waals surface area contributed by atoms with Gasteiger partial charge in [0, 0.05) is 5.69 Å². The maximum absolute atomic E-state index is 10.8. The molecule has 0 heterocycles. The van der Waals surface area contributed by atoms with Gasteiger partial charge in [-0.05, 0) is 55.0 Å². The minimum absolute atomic E-state index is 0. The topological polar surface area (TPSA) is 93.3 Å². The van der Waals surface area contributed by atoms with Crippen molar-refractivity contribution in [2.75, 3.05) is 10.7 Å². The number of thiocarbonyl (C=S) groups is 1. The monoisotopic (exact) mass is 359 g/mol. The second kappa shape index (κ2) is 8.62. The van der Waals surface area contributed by atoms with Crippen LogP contribution in [0.3, 0.4) is 0 Å². The van der Waals surface area contributed by atoms with Crippen LogP contribution in [-0.4, -0.2) is 18.1 Å². The van der Waals surface area contributed by atoms with Gasteiger partial charge in [-0.15, -0.1) is 0 Å². The first-order chi connectivity index (χ1) is 10.4. The van der Waals surface area contributed by atoms with Gasteiger partial charge >= 0.3 is 29.6 Å². The second-order valence-electron chi connectivity index (χ2n) is 4.50. The zero-order chi connectivity index (χ0) is 16.2. The van der Waals surface area contributed by atoms with Crippen molar-refractivity contribution in [1.29, 1.82) is 0 Å². The average Bonchev–Trinajstić information content (AvgIpc) is 2.47. The Hall–Kier alpha value is -1.16. The average molecular weight is 359 g/mol. The van der Waals surface area contributed by atoms with E-state index in [1.54, 1.807) is 0 Å². The summed E-state index contributed by atoms with van der Waals surface area (Å²) in [6.07, 6.45) is 0. The number of para-hydroxylation sites is 1. The Labute approximate surface area is 162 Å². The van der Waals surface area contributed by atoms with E-state index in [-0.39, 0.29) is 34.5 Å². The van der Waals surface area contributed by atoms with E-state index in [9.17, 15) is 13.0 Å². The zero-order valence-corrected chi connectivity index (χ0v) is 16.3. The first-order valence-electron chi connectivity index (χ1n) is 6.31. The van der Waals surface area contributed by atoms with Gasteiger partial charge in [0.2, 0.25) is 0 Å². The van der Waals surface area contributed by atoms with Crippen molar-refractivity contribution in [3.8, 4) is 0 Å². The Kier molecular flexibility index (Phi) is 7.46. The zero-order valence-electron chi connectivity index (χ0n) is 12.7. The number of rotatable bonds is 4. The predicted octanol–water partition coefficient (Wildman–Crippen LogP) is -0.783. The molecule has 2 rings (SSSR count). The smallest absolute Gasteiger partial charge is 0.744 e. The molecule has 2 aromatic carbocycles. The Morgan fingerprint density at radius 2 is 1.70 bits per heavy atom. The van der Waals surface area contributed by atoms with Gasteiger partial charge < -0.3 is 9.87 Å². The fourth-order valence-electron chi connectivity index (χ4n) is 1.70. The van der Waals surface area contributed by atoms with Crippen molar-refractivity contribution >= 4 is 38.8 Å². The van der Waals surface area contributed by atoms with Crippen LogP contribution >= 0.6 is 12.2 Å². The second-order valence-corrected chi connectivity index (χ2v) is 6.29. The number of hydrogen-bond acceptors (Lipinski definition) is 5. The van der Waals surface area contributed by atoms with E-state index in [1.807, 2.05) is 31.2 Å². The van der Waals surface area contributed by atoms with Crippen molar-refractivity contribution in [1.82, 2.24) is 5.43 Å². The molecule has 3 N–H and O–H groups in total. The summed E-state index contributed by atoms with van der Waals surface area (Å²) in [5, 5.41) is 3.38. The van der Waals surface area contributed by atoms with Gasteiger partial charge in [0.05, 0.1) is 10.6 Å². The van der Waals surface area contributed by atoms with E-state index >= 15 is 0 Å². The molecule has 0 aliphatic rings. The Morgan fingerprint density at radius 3 is 2.26 bits per heavy atom. The summed E-state index contributed by atoms with van der Waals surface area (Å²) in [5.74, 6) is 0. The van der Waals surface area contributed by atoms with E-state index in [1.165, 1.54) is 24.3 Å². The number of hydrogen-bond donors (Lipinski definition) is 3. The largest absolute Gasteiger partial charge is 1.00 e. The van der Waals surface area contributed by atoms with Crippen LogP contribution < -0.4 is 45.7 Å². The Bertz CT molecular complexity index is 780. The van der Waals surface area contributed by atoms with E-state index < -0.39 is 10.1 Å². The van der Waals surface area contributed by atoms with Crippen LogP contribution in [0.5, 0.6) is 0 Å². The molecule has 0 radical (unpaired) electrons. The summed E-state index contributed by atoms with van der Waals surface area (Å²) in [4.78, 5) is -0.279. The van der Waals surface area contributed by atoms with Crippen LogP contribution in [0.4, 0.5) is 11.4 Å². The van der Waals surface area contributed by atoms with Crippen LogP contribution in [0.15, 0.2) is 53.4 Å². The molecule has 0 spiro atoms. The summed E-state index contributed by atoms with van der Waals surface area (Å²) in [6, 6.07) is 13.1. The van der Waals surface area contributed by atoms with Crippen LogP contribution in [-0.2, 0) is 10.1 Å². The van der Waals surface area contributed by atoms with Crippen LogP contribution in [0.2, 0.25) is 0 Å². The molecule has 0 fully saturated rings. The number of benzene rings is 2. The maximum Gasteiger partial charge on any atom is 1.00 e. The molecule has 6 nitrogen and oxygen atoms in total. The summed E-state index contributed by atoms with van der Waals surface area (Å²) >= 11 is 5.15. The molecule has 116 valence electrons. The van der Waals surface area contributed by atoms with Gasteiger partial charge in [-0.25, -0.2) is 8.42 Å². The van der Waals surface area contributed by atoms with E-state index in [2.05, 4.69) is 16.2 Å². The molecule has 0 unspecified atom stereocenters. The van der Waals surface area contributed by atoms with Gasteiger partial charge in [0.15, 0.2) is 5.11 Å². The number of nitrogens with one attached hydrogen (secondary N) is 3. The molecule has 0 aliphatic carbocycles.